The van der Waals surface area contributed by atoms with Crippen LogP contribution >= 0.6 is 15.9 Å². The molecule has 1 aliphatic heterocycles. The van der Waals surface area contributed by atoms with E-state index in [0.29, 0.717) is 24.6 Å². The van der Waals surface area contributed by atoms with Gasteiger partial charge in [-0.05, 0) is 18.1 Å². The number of anilines is 2. The summed E-state index contributed by atoms with van der Waals surface area (Å²) in [5, 5.41) is 3.58. The Bertz CT molecular complexity index is 476. The number of amides is 2. The number of carbonyl (C=O) groups excluding carboxylic acids is 2. The quantitative estimate of drug-likeness (QED) is 0.872. The molecule has 1 N–H and O–H groups in total. The zero-order valence-electron chi connectivity index (χ0n) is 10.1. The van der Waals surface area contributed by atoms with E-state index in [1.807, 2.05) is 24.3 Å². The average Bonchev–Trinajstić information content (AvgIpc) is 2.70. The Hall–Kier alpha value is -1.36. The highest BCUT2D eigenvalue weighted by Gasteiger charge is 2.30. The molecule has 0 saturated carbocycles. The van der Waals surface area contributed by atoms with Gasteiger partial charge in [-0.3, -0.25) is 9.59 Å². The summed E-state index contributed by atoms with van der Waals surface area (Å²) in [7, 11) is 0. The highest BCUT2D eigenvalue weighted by molar-refractivity contribution is 9.09. The first-order valence-electron chi connectivity index (χ1n) is 5.84. The van der Waals surface area contributed by atoms with Gasteiger partial charge < -0.3 is 10.2 Å². The van der Waals surface area contributed by atoms with Crippen molar-refractivity contribution in [1.29, 1.82) is 0 Å². The van der Waals surface area contributed by atoms with Gasteiger partial charge in [0.15, 0.2) is 0 Å². The molecule has 18 heavy (non-hydrogen) atoms. The second-order valence-corrected chi connectivity index (χ2v) is 5.07. The summed E-state index contributed by atoms with van der Waals surface area (Å²) in [6.07, 6.45) is 0.555. The molecule has 1 aromatic carbocycles. The maximum atomic E-state index is 12.0. The topological polar surface area (TPSA) is 49.4 Å². The molecule has 1 fully saturated rings. The van der Waals surface area contributed by atoms with Crippen LogP contribution < -0.4 is 10.2 Å². The monoisotopic (exact) mass is 310 g/mol. The fourth-order valence-electron chi connectivity index (χ4n) is 2.12. The van der Waals surface area contributed by atoms with E-state index in [1.54, 1.807) is 4.90 Å². The van der Waals surface area contributed by atoms with Crippen LogP contribution in [0.4, 0.5) is 11.4 Å². The Balaban J connectivity index is 2.27. The Morgan fingerprint density at radius 3 is 2.83 bits per heavy atom. The van der Waals surface area contributed by atoms with E-state index >= 15 is 0 Å². The molecule has 2 amide bonds. The fraction of sp³-hybridized carbons (Fsp3) is 0.385. The second-order valence-electron chi connectivity index (χ2n) is 4.43. The zero-order chi connectivity index (χ0) is 13.1. The lowest BCUT2D eigenvalue weighted by Crippen LogP contribution is -2.26. The van der Waals surface area contributed by atoms with Crippen LogP contribution in [0.15, 0.2) is 24.3 Å². The molecule has 1 saturated heterocycles. The van der Waals surface area contributed by atoms with Crippen molar-refractivity contribution in [3.05, 3.63) is 24.3 Å². The van der Waals surface area contributed by atoms with Crippen molar-refractivity contribution >= 4 is 39.1 Å². The normalized spacial score (nSPS) is 19.1. The summed E-state index contributed by atoms with van der Waals surface area (Å²) in [5.74, 6) is 0.311. The van der Waals surface area contributed by atoms with E-state index in [9.17, 15) is 9.59 Å². The van der Waals surface area contributed by atoms with Crippen molar-refractivity contribution < 1.29 is 9.59 Å². The third-order valence-corrected chi connectivity index (χ3v) is 3.84. The summed E-state index contributed by atoms with van der Waals surface area (Å²) in [5.41, 5.74) is 1.47. The van der Waals surface area contributed by atoms with Gasteiger partial charge in [0.05, 0.1) is 11.4 Å². The number of rotatable bonds is 3. The molecular weight excluding hydrogens is 296 g/mol. The number of alkyl halides is 1. The minimum absolute atomic E-state index is 0.109. The number of benzene rings is 1. The summed E-state index contributed by atoms with van der Waals surface area (Å²) in [6.45, 7) is 2.16. The van der Waals surface area contributed by atoms with Gasteiger partial charge in [0, 0.05) is 25.2 Å². The van der Waals surface area contributed by atoms with Crippen LogP contribution in [0.25, 0.3) is 0 Å². The van der Waals surface area contributed by atoms with Crippen molar-refractivity contribution in [1.82, 2.24) is 0 Å². The number of halogens is 1. The summed E-state index contributed by atoms with van der Waals surface area (Å²) < 4.78 is 0. The van der Waals surface area contributed by atoms with Gasteiger partial charge in [0.25, 0.3) is 0 Å². The summed E-state index contributed by atoms with van der Waals surface area (Å²) in [6, 6.07) is 7.39. The first-order valence-corrected chi connectivity index (χ1v) is 6.97. The summed E-state index contributed by atoms with van der Waals surface area (Å²) in [4.78, 5) is 24.9. The SMILES string of the molecule is CC(=O)Nc1ccccc1N1CC(CBr)CC1=O. The van der Waals surface area contributed by atoms with Crippen molar-refractivity contribution in [3.63, 3.8) is 0 Å². The van der Waals surface area contributed by atoms with Crippen LogP contribution in [0.2, 0.25) is 0 Å². The molecule has 0 bridgehead atoms. The number of nitrogens with zero attached hydrogens (tertiary/aromatic N) is 1. The van der Waals surface area contributed by atoms with Crippen LogP contribution in [0.1, 0.15) is 13.3 Å². The number of hydrogen-bond donors (Lipinski definition) is 1. The van der Waals surface area contributed by atoms with Crippen molar-refractivity contribution in [2.75, 3.05) is 22.1 Å². The van der Waals surface area contributed by atoms with Crippen molar-refractivity contribution in [2.24, 2.45) is 5.92 Å². The summed E-state index contributed by atoms with van der Waals surface area (Å²) >= 11 is 3.41. The second kappa shape index (κ2) is 5.52. The Kier molecular flexibility index (Phi) is 4.01. The lowest BCUT2D eigenvalue weighted by Gasteiger charge is -2.20. The van der Waals surface area contributed by atoms with Gasteiger partial charge >= 0.3 is 0 Å². The number of carbonyl (C=O) groups is 2. The predicted octanol–water partition coefficient (Wildman–Crippen LogP) is 2.39. The van der Waals surface area contributed by atoms with Crippen molar-refractivity contribution in [2.45, 2.75) is 13.3 Å². The molecule has 1 atom stereocenters. The smallest absolute Gasteiger partial charge is 0.227 e. The standard InChI is InChI=1S/C13H15BrN2O2/c1-9(17)15-11-4-2-3-5-12(11)16-8-10(7-14)6-13(16)18/h2-5,10H,6-8H2,1H3,(H,15,17). The molecule has 0 radical (unpaired) electrons. The van der Waals surface area contributed by atoms with Crippen LogP contribution in [0.3, 0.4) is 0 Å². The Morgan fingerprint density at radius 2 is 2.22 bits per heavy atom. The largest absolute Gasteiger partial charge is 0.325 e. The Morgan fingerprint density at radius 1 is 1.50 bits per heavy atom. The van der Waals surface area contributed by atoms with E-state index in [1.165, 1.54) is 6.92 Å². The molecular formula is C13H15BrN2O2. The van der Waals surface area contributed by atoms with E-state index < -0.39 is 0 Å². The van der Waals surface area contributed by atoms with Gasteiger partial charge in [0.1, 0.15) is 0 Å². The number of nitrogens with one attached hydrogen (secondary N) is 1. The maximum absolute atomic E-state index is 12.0. The molecule has 0 aliphatic carbocycles. The first-order chi connectivity index (χ1) is 8.61. The van der Waals surface area contributed by atoms with E-state index in [0.717, 1.165) is 11.0 Å². The first kappa shape index (κ1) is 13.1. The van der Waals surface area contributed by atoms with Gasteiger partial charge in [-0.25, -0.2) is 0 Å². The molecule has 1 unspecified atom stereocenters. The van der Waals surface area contributed by atoms with Crippen LogP contribution in [0.5, 0.6) is 0 Å². The molecule has 1 aliphatic rings. The van der Waals surface area contributed by atoms with E-state index in [2.05, 4.69) is 21.2 Å². The third kappa shape index (κ3) is 2.72. The lowest BCUT2D eigenvalue weighted by atomic mass is 10.2. The maximum Gasteiger partial charge on any atom is 0.227 e. The van der Waals surface area contributed by atoms with Crippen molar-refractivity contribution in [3.8, 4) is 0 Å². The molecule has 96 valence electrons. The van der Waals surface area contributed by atoms with Gasteiger partial charge in [-0.2, -0.15) is 0 Å². The minimum Gasteiger partial charge on any atom is -0.325 e. The number of hydrogen-bond acceptors (Lipinski definition) is 2. The predicted molar refractivity (Wildman–Crippen MR) is 75.0 cm³/mol. The van der Waals surface area contributed by atoms with E-state index in [-0.39, 0.29) is 11.8 Å². The third-order valence-electron chi connectivity index (χ3n) is 2.93. The molecule has 0 aromatic heterocycles. The fourth-order valence-corrected chi connectivity index (χ4v) is 2.56. The average molecular weight is 311 g/mol. The van der Waals surface area contributed by atoms with Gasteiger partial charge in [-0.1, -0.05) is 28.1 Å². The van der Waals surface area contributed by atoms with Gasteiger partial charge in [-0.15, -0.1) is 0 Å². The zero-order valence-corrected chi connectivity index (χ0v) is 11.7. The molecule has 0 spiro atoms. The highest BCUT2D eigenvalue weighted by Crippen LogP contribution is 2.31. The molecule has 4 nitrogen and oxygen atoms in total. The molecule has 1 aromatic rings. The van der Waals surface area contributed by atoms with Crippen LogP contribution in [0, 0.1) is 5.92 Å². The molecule has 5 heteroatoms. The van der Waals surface area contributed by atoms with Crippen LogP contribution in [-0.4, -0.2) is 23.7 Å². The van der Waals surface area contributed by atoms with E-state index in [4.69, 9.17) is 0 Å². The van der Waals surface area contributed by atoms with Gasteiger partial charge in [0.2, 0.25) is 11.8 Å². The molecule has 1 heterocycles. The highest BCUT2D eigenvalue weighted by atomic mass is 79.9. The molecule has 2 rings (SSSR count). The Labute approximate surface area is 114 Å². The lowest BCUT2D eigenvalue weighted by molar-refractivity contribution is -0.117. The minimum atomic E-state index is -0.133. The number of para-hydroxylation sites is 2. The van der Waals surface area contributed by atoms with Crippen LogP contribution in [-0.2, 0) is 9.59 Å².